The topological polar surface area (TPSA) is 80.3 Å². The molecule has 32 heavy (non-hydrogen) atoms. The third kappa shape index (κ3) is 4.59. The van der Waals surface area contributed by atoms with Crippen LogP contribution in [0.5, 0.6) is 0 Å². The molecule has 0 atom stereocenters. The maximum absolute atomic E-state index is 12.9. The van der Waals surface area contributed by atoms with E-state index in [1.807, 2.05) is 46.7 Å². The van der Waals surface area contributed by atoms with Crippen molar-refractivity contribution in [1.82, 2.24) is 29.7 Å². The fourth-order valence-electron chi connectivity index (χ4n) is 3.67. The highest BCUT2D eigenvalue weighted by Gasteiger charge is 2.24. The van der Waals surface area contributed by atoms with Gasteiger partial charge in [0.25, 0.3) is 5.91 Å². The van der Waals surface area contributed by atoms with Gasteiger partial charge in [-0.25, -0.2) is 0 Å². The van der Waals surface area contributed by atoms with Gasteiger partial charge in [0.2, 0.25) is 11.7 Å². The first-order valence-corrected chi connectivity index (χ1v) is 11.6. The van der Waals surface area contributed by atoms with Crippen LogP contribution in [0.15, 0.2) is 58.7 Å². The van der Waals surface area contributed by atoms with E-state index in [1.54, 1.807) is 28.4 Å². The summed E-state index contributed by atoms with van der Waals surface area (Å²) >= 11 is 7.81. The molecule has 4 aromatic rings. The van der Waals surface area contributed by atoms with Crippen molar-refractivity contribution in [2.24, 2.45) is 0 Å². The fourth-order valence-corrected chi connectivity index (χ4v) is 4.51. The standard InChI is InChI=1S/C22H21ClN6O2S/c23-18-5-2-1-4-16(18)13-29-14-17(12-24-29)22(30)28-9-7-27(8-10-28)15-20-25-21(26-31-20)19-6-3-11-32-19/h1-6,11-12,14H,7-10,13,15H2. The summed E-state index contributed by atoms with van der Waals surface area (Å²) in [5.41, 5.74) is 1.55. The van der Waals surface area contributed by atoms with Crippen LogP contribution in [-0.4, -0.2) is 61.8 Å². The summed E-state index contributed by atoms with van der Waals surface area (Å²) in [7, 11) is 0. The van der Waals surface area contributed by atoms with Crippen molar-refractivity contribution < 1.29 is 9.32 Å². The van der Waals surface area contributed by atoms with Gasteiger partial charge >= 0.3 is 0 Å². The predicted molar refractivity (Wildman–Crippen MR) is 122 cm³/mol. The summed E-state index contributed by atoms with van der Waals surface area (Å²) in [5, 5.41) is 11.1. The van der Waals surface area contributed by atoms with E-state index in [4.69, 9.17) is 16.1 Å². The van der Waals surface area contributed by atoms with Gasteiger partial charge in [0.05, 0.1) is 29.7 Å². The lowest BCUT2D eigenvalue weighted by molar-refractivity contribution is 0.0615. The zero-order valence-electron chi connectivity index (χ0n) is 17.2. The normalized spacial score (nSPS) is 14.7. The minimum Gasteiger partial charge on any atom is -0.338 e. The van der Waals surface area contributed by atoms with Gasteiger partial charge in [-0.2, -0.15) is 10.1 Å². The SMILES string of the molecule is O=C(c1cnn(Cc2ccccc2Cl)c1)N1CCN(Cc2nc(-c3cccs3)no2)CC1. The highest BCUT2D eigenvalue weighted by Crippen LogP contribution is 2.22. The summed E-state index contributed by atoms with van der Waals surface area (Å²) in [4.78, 5) is 22.5. The van der Waals surface area contributed by atoms with Crippen LogP contribution < -0.4 is 0 Å². The molecule has 10 heteroatoms. The Morgan fingerprint density at radius 1 is 1.09 bits per heavy atom. The van der Waals surface area contributed by atoms with Crippen LogP contribution in [0.3, 0.4) is 0 Å². The van der Waals surface area contributed by atoms with Crippen molar-refractivity contribution in [1.29, 1.82) is 0 Å². The van der Waals surface area contributed by atoms with Crippen molar-refractivity contribution in [2.75, 3.05) is 26.2 Å². The Labute approximate surface area is 194 Å². The molecule has 1 aliphatic rings. The van der Waals surface area contributed by atoms with Crippen LogP contribution in [0.1, 0.15) is 21.8 Å². The molecule has 0 radical (unpaired) electrons. The van der Waals surface area contributed by atoms with E-state index in [2.05, 4.69) is 20.1 Å². The monoisotopic (exact) mass is 468 g/mol. The van der Waals surface area contributed by atoms with Gasteiger partial charge in [0.15, 0.2) is 0 Å². The largest absolute Gasteiger partial charge is 0.338 e. The van der Waals surface area contributed by atoms with E-state index in [9.17, 15) is 4.79 Å². The number of piperazine rings is 1. The number of rotatable bonds is 6. The van der Waals surface area contributed by atoms with E-state index < -0.39 is 0 Å². The van der Waals surface area contributed by atoms with Gasteiger partial charge in [-0.1, -0.05) is 41.0 Å². The lowest BCUT2D eigenvalue weighted by Gasteiger charge is -2.33. The smallest absolute Gasteiger partial charge is 0.257 e. The number of hydrogen-bond donors (Lipinski definition) is 0. The third-order valence-corrected chi connectivity index (χ3v) is 6.63. The second-order valence-corrected chi connectivity index (χ2v) is 8.93. The molecule has 1 saturated heterocycles. The predicted octanol–water partition coefficient (Wildman–Crippen LogP) is 3.65. The maximum atomic E-state index is 12.9. The molecule has 0 aliphatic carbocycles. The highest BCUT2D eigenvalue weighted by atomic mass is 35.5. The Morgan fingerprint density at radius 2 is 1.94 bits per heavy atom. The van der Waals surface area contributed by atoms with Crippen LogP contribution in [-0.2, 0) is 13.1 Å². The number of thiophene rings is 1. The number of halogens is 1. The van der Waals surface area contributed by atoms with E-state index >= 15 is 0 Å². The van der Waals surface area contributed by atoms with E-state index in [0.717, 1.165) is 23.5 Å². The molecule has 1 aromatic carbocycles. The third-order valence-electron chi connectivity index (χ3n) is 5.40. The number of amides is 1. The summed E-state index contributed by atoms with van der Waals surface area (Å²) < 4.78 is 7.14. The minimum absolute atomic E-state index is 0.00664. The molecule has 164 valence electrons. The van der Waals surface area contributed by atoms with Crippen LogP contribution in [0, 0.1) is 0 Å². The number of hydrogen-bond acceptors (Lipinski definition) is 7. The number of nitrogens with zero attached hydrogens (tertiary/aromatic N) is 6. The zero-order valence-corrected chi connectivity index (χ0v) is 18.8. The van der Waals surface area contributed by atoms with Gasteiger partial charge < -0.3 is 9.42 Å². The Morgan fingerprint density at radius 3 is 2.72 bits per heavy atom. The molecular formula is C22H21ClN6O2S. The maximum Gasteiger partial charge on any atom is 0.257 e. The molecular weight excluding hydrogens is 448 g/mol. The van der Waals surface area contributed by atoms with Gasteiger partial charge in [-0.15, -0.1) is 11.3 Å². The Balaban J connectivity index is 1.15. The highest BCUT2D eigenvalue weighted by molar-refractivity contribution is 7.13. The van der Waals surface area contributed by atoms with E-state index in [1.165, 1.54) is 0 Å². The van der Waals surface area contributed by atoms with Gasteiger partial charge in [0.1, 0.15) is 0 Å². The quantitative estimate of drug-likeness (QED) is 0.429. The summed E-state index contributed by atoms with van der Waals surface area (Å²) in [5.74, 6) is 1.21. The van der Waals surface area contributed by atoms with Gasteiger partial charge in [-0.05, 0) is 23.1 Å². The molecule has 1 amide bonds. The molecule has 0 N–H and O–H groups in total. The van der Waals surface area contributed by atoms with Crippen LogP contribution in [0.2, 0.25) is 5.02 Å². The first-order chi connectivity index (χ1) is 15.7. The molecule has 8 nitrogen and oxygen atoms in total. The molecule has 1 aliphatic heterocycles. The average Bonchev–Trinajstić information content (AvgIpc) is 3.57. The number of carbonyl (C=O) groups excluding carboxylic acids is 1. The Bertz CT molecular complexity index is 1200. The second-order valence-electron chi connectivity index (χ2n) is 7.58. The first-order valence-electron chi connectivity index (χ1n) is 10.3. The number of benzene rings is 1. The van der Waals surface area contributed by atoms with Crippen LogP contribution >= 0.6 is 22.9 Å². The van der Waals surface area contributed by atoms with Crippen molar-refractivity contribution in [2.45, 2.75) is 13.1 Å². The summed E-state index contributed by atoms with van der Waals surface area (Å²) in [6.07, 6.45) is 3.40. The molecule has 0 bridgehead atoms. The summed E-state index contributed by atoms with van der Waals surface area (Å²) in [6.45, 7) is 3.88. The van der Waals surface area contributed by atoms with Gasteiger partial charge in [0, 0.05) is 37.4 Å². The van der Waals surface area contributed by atoms with Crippen LogP contribution in [0.25, 0.3) is 10.7 Å². The molecule has 3 aromatic heterocycles. The van der Waals surface area contributed by atoms with Gasteiger partial charge in [-0.3, -0.25) is 14.4 Å². The molecule has 5 rings (SSSR count). The van der Waals surface area contributed by atoms with Crippen molar-refractivity contribution in [3.05, 3.63) is 76.2 Å². The lowest BCUT2D eigenvalue weighted by Crippen LogP contribution is -2.48. The fraction of sp³-hybridized carbons (Fsp3) is 0.273. The molecule has 0 unspecified atom stereocenters. The average molecular weight is 469 g/mol. The van der Waals surface area contributed by atoms with E-state index in [0.29, 0.717) is 48.5 Å². The van der Waals surface area contributed by atoms with Crippen LogP contribution in [0.4, 0.5) is 0 Å². The van der Waals surface area contributed by atoms with Crippen molar-refractivity contribution in [3.63, 3.8) is 0 Å². The molecule has 0 saturated carbocycles. The molecule has 0 spiro atoms. The lowest BCUT2D eigenvalue weighted by atomic mass is 10.2. The first kappa shape index (κ1) is 20.9. The Kier molecular flexibility index (Phi) is 6.02. The minimum atomic E-state index is -0.00664. The second kappa shape index (κ2) is 9.23. The number of carbonyl (C=O) groups is 1. The molecule has 4 heterocycles. The summed E-state index contributed by atoms with van der Waals surface area (Å²) in [6, 6.07) is 11.6. The number of aromatic nitrogens is 4. The Hall–Kier alpha value is -3.01. The zero-order chi connectivity index (χ0) is 21.9. The van der Waals surface area contributed by atoms with E-state index in [-0.39, 0.29) is 5.91 Å². The molecule has 1 fully saturated rings. The van der Waals surface area contributed by atoms with Crippen molar-refractivity contribution >= 4 is 28.8 Å². The van der Waals surface area contributed by atoms with Crippen molar-refractivity contribution in [3.8, 4) is 10.7 Å².